The predicted octanol–water partition coefficient (Wildman–Crippen LogP) is 2.87. The van der Waals surface area contributed by atoms with Crippen LogP contribution in [0, 0.1) is 0 Å². The molecule has 3 nitrogen and oxygen atoms in total. The smallest absolute Gasteiger partial charge is 0.339 e. The number of carbonyl (C=O) groups is 1. The first-order chi connectivity index (χ1) is 7.76. The van der Waals surface area contributed by atoms with Gasteiger partial charge in [-0.15, -0.1) is 0 Å². The van der Waals surface area contributed by atoms with Gasteiger partial charge in [0, 0.05) is 5.56 Å². The maximum Gasteiger partial charge on any atom is 0.339 e. The zero-order valence-corrected chi connectivity index (χ0v) is 9.40. The third-order valence-electron chi connectivity index (χ3n) is 2.57. The van der Waals surface area contributed by atoms with Gasteiger partial charge in [-0.25, -0.2) is 4.79 Å². The highest BCUT2D eigenvalue weighted by Crippen LogP contribution is 2.34. The summed E-state index contributed by atoms with van der Waals surface area (Å²) in [6.07, 6.45) is 4.56. The number of allylic oxidation sites excluding steroid dienone is 1. The van der Waals surface area contributed by atoms with Crippen molar-refractivity contribution < 1.29 is 14.3 Å². The molecule has 0 amide bonds. The lowest BCUT2D eigenvalue weighted by molar-refractivity contribution is 0.0467. The Kier molecular flexibility index (Phi) is 2.95. The average molecular weight is 218 g/mol. The summed E-state index contributed by atoms with van der Waals surface area (Å²) in [7, 11) is 1.61. The van der Waals surface area contributed by atoms with Crippen molar-refractivity contribution in [2.75, 3.05) is 7.11 Å². The maximum atomic E-state index is 11.5. The first-order valence-electron chi connectivity index (χ1n) is 5.32. The van der Waals surface area contributed by atoms with Gasteiger partial charge in [0.2, 0.25) is 0 Å². The number of fused-ring (bicyclic) bond motifs is 1. The van der Waals surface area contributed by atoms with E-state index >= 15 is 0 Å². The lowest BCUT2D eigenvalue weighted by Crippen LogP contribution is -1.95. The van der Waals surface area contributed by atoms with E-state index in [2.05, 4.69) is 0 Å². The molecule has 1 aromatic carbocycles. The summed E-state index contributed by atoms with van der Waals surface area (Å²) in [5, 5.41) is 0. The van der Waals surface area contributed by atoms with Crippen molar-refractivity contribution in [1.82, 2.24) is 0 Å². The van der Waals surface area contributed by atoms with E-state index in [-0.39, 0.29) is 12.1 Å². The Morgan fingerprint density at radius 3 is 3.00 bits per heavy atom. The number of benzene rings is 1. The highest BCUT2D eigenvalue weighted by molar-refractivity contribution is 5.94. The number of cyclic esters (lactones) is 1. The Bertz CT molecular complexity index is 435. The zero-order chi connectivity index (χ0) is 11.5. The number of hydrogen-bond donors (Lipinski definition) is 0. The summed E-state index contributed by atoms with van der Waals surface area (Å²) in [6.45, 7) is 2.04. The van der Waals surface area contributed by atoms with Crippen LogP contribution >= 0.6 is 0 Å². The molecule has 0 N–H and O–H groups in total. The molecule has 0 radical (unpaired) electrons. The highest BCUT2D eigenvalue weighted by atomic mass is 16.5. The van der Waals surface area contributed by atoms with Gasteiger partial charge in [0.05, 0.1) is 12.7 Å². The van der Waals surface area contributed by atoms with Gasteiger partial charge in [0.1, 0.15) is 11.9 Å². The quantitative estimate of drug-likeness (QED) is 0.578. The molecular weight excluding hydrogens is 204 g/mol. The Hall–Kier alpha value is -1.77. The average Bonchev–Trinajstić information content (AvgIpc) is 2.63. The van der Waals surface area contributed by atoms with E-state index < -0.39 is 0 Å². The third kappa shape index (κ3) is 1.81. The Balaban J connectivity index is 2.38. The normalized spacial score (nSPS) is 18.6. The number of methoxy groups -OCH3 is 1. The first-order valence-corrected chi connectivity index (χ1v) is 5.32. The van der Waals surface area contributed by atoms with Crippen LogP contribution in [0.25, 0.3) is 0 Å². The number of hydrogen-bond acceptors (Lipinski definition) is 3. The number of esters is 1. The molecule has 1 heterocycles. The van der Waals surface area contributed by atoms with Crippen molar-refractivity contribution in [3.8, 4) is 5.75 Å². The molecule has 3 heteroatoms. The van der Waals surface area contributed by atoms with Crippen molar-refractivity contribution >= 4 is 5.97 Å². The van der Waals surface area contributed by atoms with Gasteiger partial charge >= 0.3 is 5.97 Å². The Labute approximate surface area is 94.7 Å². The summed E-state index contributed by atoms with van der Waals surface area (Å²) in [6, 6.07) is 5.37. The second kappa shape index (κ2) is 4.39. The predicted molar refractivity (Wildman–Crippen MR) is 60.6 cm³/mol. The van der Waals surface area contributed by atoms with Crippen molar-refractivity contribution in [2.45, 2.75) is 19.4 Å². The molecule has 16 heavy (non-hydrogen) atoms. The molecule has 1 aromatic rings. The van der Waals surface area contributed by atoms with Gasteiger partial charge in [-0.05, 0) is 30.7 Å². The van der Waals surface area contributed by atoms with E-state index in [0.717, 1.165) is 17.7 Å². The summed E-state index contributed by atoms with van der Waals surface area (Å²) in [4.78, 5) is 11.5. The van der Waals surface area contributed by atoms with Crippen LogP contribution in [0.4, 0.5) is 0 Å². The Morgan fingerprint density at radius 1 is 1.50 bits per heavy atom. The summed E-state index contributed by atoms with van der Waals surface area (Å²) in [5.41, 5.74) is 1.51. The molecule has 2 rings (SSSR count). The lowest BCUT2D eigenvalue weighted by Gasteiger charge is -2.06. The van der Waals surface area contributed by atoms with Gasteiger partial charge in [-0.2, -0.15) is 0 Å². The van der Waals surface area contributed by atoms with E-state index in [4.69, 9.17) is 9.47 Å². The fourth-order valence-electron chi connectivity index (χ4n) is 1.73. The monoisotopic (exact) mass is 218 g/mol. The van der Waals surface area contributed by atoms with Crippen molar-refractivity contribution in [2.24, 2.45) is 0 Å². The molecule has 1 atom stereocenters. The van der Waals surface area contributed by atoms with Crippen molar-refractivity contribution in [1.29, 1.82) is 0 Å². The SMILES string of the molecule is CC/C=C\C1OC(=O)c2ccc(OC)cc21. The third-order valence-corrected chi connectivity index (χ3v) is 2.57. The van der Waals surface area contributed by atoms with E-state index in [1.807, 2.05) is 25.1 Å². The summed E-state index contributed by atoms with van der Waals surface area (Å²) >= 11 is 0. The number of rotatable bonds is 3. The molecule has 0 fully saturated rings. The zero-order valence-electron chi connectivity index (χ0n) is 9.40. The van der Waals surface area contributed by atoms with Crippen LogP contribution < -0.4 is 4.74 Å². The van der Waals surface area contributed by atoms with Crippen LogP contribution in [-0.4, -0.2) is 13.1 Å². The second-order valence-electron chi connectivity index (χ2n) is 3.62. The minimum Gasteiger partial charge on any atom is -0.497 e. The topological polar surface area (TPSA) is 35.5 Å². The van der Waals surface area contributed by atoms with Crippen LogP contribution in [0.3, 0.4) is 0 Å². The maximum absolute atomic E-state index is 11.5. The second-order valence-corrected chi connectivity index (χ2v) is 3.62. The van der Waals surface area contributed by atoms with Crippen molar-refractivity contribution in [3.05, 3.63) is 41.5 Å². The molecule has 0 bridgehead atoms. The molecule has 84 valence electrons. The fraction of sp³-hybridized carbons (Fsp3) is 0.308. The van der Waals surface area contributed by atoms with E-state index in [1.165, 1.54) is 0 Å². The molecule has 0 aromatic heterocycles. The lowest BCUT2D eigenvalue weighted by atomic mass is 10.0. The molecule has 0 spiro atoms. The summed E-state index contributed by atoms with van der Waals surface area (Å²) < 4.78 is 10.4. The minimum absolute atomic E-state index is 0.261. The molecule has 0 saturated carbocycles. The fourth-order valence-corrected chi connectivity index (χ4v) is 1.73. The molecular formula is C13H14O3. The largest absolute Gasteiger partial charge is 0.497 e. The standard InChI is InChI=1S/C13H14O3/c1-3-4-5-12-11-8-9(15-2)6-7-10(11)13(14)16-12/h4-8,12H,3H2,1-2H3/b5-4-. The van der Waals surface area contributed by atoms with Gasteiger partial charge in [-0.3, -0.25) is 0 Å². The van der Waals surface area contributed by atoms with Crippen molar-refractivity contribution in [3.63, 3.8) is 0 Å². The van der Waals surface area contributed by atoms with Crippen LogP contribution in [0.5, 0.6) is 5.75 Å². The van der Waals surface area contributed by atoms with Crippen LogP contribution in [0.1, 0.15) is 35.4 Å². The minimum atomic E-state index is -0.266. The molecule has 1 aliphatic heterocycles. The van der Waals surface area contributed by atoms with Crippen LogP contribution in [-0.2, 0) is 4.74 Å². The molecule has 1 unspecified atom stereocenters. The molecule has 0 aliphatic carbocycles. The van der Waals surface area contributed by atoms with Gasteiger partial charge in [0.15, 0.2) is 0 Å². The van der Waals surface area contributed by atoms with E-state index in [1.54, 1.807) is 19.2 Å². The van der Waals surface area contributed by atoms with E-state index in [0.29, 0.717) is 5.56 Å². The number of carbonyl (C=O) groups excluding carboxylic acids is 1. The van der Waals surface area contributed by atoms with Crippen LogP contribution in [0.2, 0.25) is 0 Å². The van der Waals surface area contributed by atoms with Gasteiger partial charge in [0.25, 0.3) is 0 Å². The molecule has 0 saturated heterocycles. The van der Waals surface area contributed by atoms with E-state index in [9.17, 15) is 4.79 Å². The number of ether oxygens (including phenoxy) is 2. The highest BCUT2D eigenvalue weighted by Gasteiger charge is 2.29. The van der Waals surface area contributed by atoms with Gasteiger partial charge in [-0.1, -0.05) is 13.0 Å². The summed E-state index contributed by atoms with van der Waals surface area (Å²) in [5.74, 6) is 0.482. The first kappa shape index (κ1) is 10.7. The van der Waals surface area contributed by atoms with Gasteiger partial charge < -0.3 is 9.47 Å². The molecule has 1 aliphatic rings. The Morgan fingerprint density at radius 2 is 2.31 bits per heavy atom. The van der Waals surface area contributed by atoms with Crippen LogP contribution in [0.15, 0.2) is 30.4 Å².